The molecular weight excluding hydrogens is 402 g/mol. The molecule has 31 heavy (non-hydrogen) atoms. The van der Waals surface area contributed by atoms with E-state index in [1.54, 1.807) is 0 Å². The molecule has 2 heterocycles. The minimum atomic E-state index is -0.812. The van der Waals surface area contributed by atoms with Crippen LogP contribution in [0.2, 0.25) is 0 Å². The van der Waals surface area contributed by atoms with Gasteiger partial charge in [0.1, 0.15) is 23.0 Å². The topological polar surface area (TPSA) is 73.8 Å². The summed E-state index contributed by atoms with van der Waals surface area (Å²) in [6, 6.07) is 8.89. The number of aryl methyl sites for hydroxylation is 2. The summed E-state index contributed by atoms with van der Waals surface area (Å²) < 4.78 is 26.7. The smallest absolute Gasteiger partial charge is 0.272 e. The van der Waals surface area contributed by atoms with E-state index in [4.69, 9.17) is 4.99 Å². The highest BCUT2D eigenvalue weighted by Crippen LogP contribution is 2.29. The lowest BCUT2D eigenvalue weighted by Crippen LogP contribution is -2.52. The monoisotopic (exact) mass is 426 g/mol. The molecule has 2 amide bonds. The van der Waals surface area contributed by atoms with Gasteiger partial charge in [-0.05, 0) is 43.2 Å². The normalized spacial score (nSPS) is 18.1. The minimum absolute atomic E-state index is 0.0504. The molecule has 2 aromatic carbocycles. The maximum absolute atomic E-state index is 13.7. The third kappa shape index (κ3) is 4.49. The Labute approximate surface area is 179 Å². The van der Waals surface area contributed by atoms with Crippen LogP contribution in [0.25, 0.3) is 0 Å². The first-order valence-electron chi connectivity index (χ1n) is 10.2. The molecule has 1 saturated heterocycles. The van der Waals surface area contributed by atoms with Crippen LogP contribution in [0.1, 0.15) is 29.5 Å². The van der Waals surface area contributed by atoms with Gasteiger partial charge in [0.25, 0.3) is 5.91 Å². The SMILES string of the molecule is Cc1ccc(C2=NC3(CCN(CC(=O)Nc4ccc(F)cc4F)CC3)NC2=O)cc1C. The van der Waals surface area contributed by atoms with Crippen molar-refractivity contribution in [3.8, 4) is 0 Å². The Morgan fingerprint density at radius 1 is 1.13 bits per heavy atom. The quantitative estimate of drug-likeness (QED) is 0.790. The maximum atomic E-state index is 13.7. The predicted molar refractivity (Wildman–Crippen MR) is 114 cm³/mol. The number of likely N-dealkylation sites (tertiary alicyclic amines) is 1. The Hall–Kier alpha value is -3.13. The number of aliphatic imine (C=N–C) groups is 1. The predicted octanol–water partition coefficient (Wildman–Crippen LogP) is 2.93. The fourth-order valence-electron chi connectivity index (χ4n) is 3.95. The van der Waals surface area contributed by atoms with Gasteiger partial charge in [0.2, 0.25) is 5.91 Å². The van der Waals surface area contributed by atoms with E-state index in [9.17, 15) is 18.4 Å². The molecule has 0 aromatic heterocycles. The molecule has 0 atom stereocenters. The molecule has 8 heteroatoms. The summed E-state index contributed by atoms with van der Waals surface area (Å²) in [4.78, 5) is 31.5. The summed E-state index contributed by atoms with van der Waals surface area (Å²) in [5.74, 6) is -2.07. The summed E-state index contributed by atoms with van der Waals surface area (Å²) in [5.41, 5.74) is 2.81. The average Bonchev–Trinajstić information content (AvgIpc) is 3.04. The number of hydrogen-bond acceptors (Lipinski definition) is 4. The Kier molecular flexibility index (Phi) is 5.58. The molecule has 162 valence electrons. The van der Waals surface area contributed by atoms with E-state index in [-0.39, 0.29) is 24.0 Å². The molecule has 2 aromatic rings. The van der Waals surface area contributed by atoms with Gasteiger partial charge in [0, 0.05) is 37.6 Å². The zero-order valence-corrected chi connectivity index (χ0v) is 17.5. The van der Waals surface area contributed by atoms with Crippen LogP contribution in [0.3, 0.4) is 0 Å². The number of rotatable bonds is 4. The van der Waals surface area contributed by atoms with E-state index in [1.807, 2.05) is 36.9 Å². The second kappa shape index (κ2) is 8.19. The molecule has 2 aliphatic heterocycles. The van der Waals surface area contributed by atoms with Crippen LogP contribution < -0.4 is 10.6 Å². The summed E-state index contributed by atoms with van der Waals surface area (Å²) in [7, 11) is 0. The number of hydrogen-bond donors (Lipinski definition) is 2. The first-order valence-corrected chi connectivity index (χ1v) is 10.2. The number of carbonyl (C=O) groups excluding carboxylic acids is 2. The molecule has 0 aliphatic carbocycles. The zero-order chi connectivity index (χ0) is 22.2. The number of amides is 2. The van der Waals surface area contributed by atoms with Crippen LogP contribution in [0.4, 0.5) is 14.5 Å². The first-order chi connectivity index (χ1) is 14.7. The Balaban J connectivity index is 1.37. The summed E-state index contributed by atoms with van der Waals surface area (Å²) >= 11 is 0. The van der Waals surface area contributed by atoms with E-state index in [0.29, 0.717) is 31.6 Å². The van der Waals surface area contributed by atoms with Gasteiger partial charge < -0.3 is 10.6 Å². The largest absolute Gasteiger partial charge is 0.326 e. The van der Waals surface area contributed by atoms with Gasteiger partial charge in [-0.2, -0.15) is 0 Å². The van der Waals surface area contributed by atoms with Crippen molar-refractivity contribution in [2.45, 2.75) is 32.4 Å². The van der Waals surface area contributed by atoms with E-state index in [0.717, 1.165) is 28.8 Å². The number of nitrogens with zero attached hydrogens (tertiary/aromatic N) is 2. The molecule has 0 unspecified atom stereocenters. The third-order valence-electron chi connectivity index (χ3n) is 5.92. The molecule has 2 N–H and O–H groups in total. The zero-order valence-electron chi connectivity index (χ0n) is 17.5. The Bertz CT molecular complexity index is 1080. The van der Waals surface area contributed by atoms with E-state index in [1.165, 1.54) is 6.07 Å². The van der Waals surface area contributed by atoms with E-state index < -0.39 is 17.3 Å². The molecule has 0 saturated carbocycles. The fraction of sp³-hybridized carbons (Fsp3) is 0.348. The number of piperidine rings is 1. The fourth-order valence-corrected chi connectivity index (χ4v) is 3.95. The van der Waals surface area contributed by atoms with Gasteiger partial charge in [0.15, 0.2) is 0 Å². The number of benzene rings is 2. The lowest BCUT2D eigenvalue weighted by atomic mass is 9.98. The Morgan fingerprint density at radius 3 is 2.55 bits per heavy atom. The number of anilines is 1. The van der Waals surface area contributed by atoms with Crippen LogP contribution in [0, 0.1) is 25.5 Å². The van der Waals surface area contributed by atoms with E-state index in [2.05, 4.69) is 10.6 Å². The lowest BCUT2D eigenvalue weighted by Gasteiger charge is -2.36. The number of nitrogens with one attached hydrogen (secondary N) is 2. The number of halogens is 2. The minimum Gasteiger partial charge on any atom is -0.326 e. The van der Waals surface area contributed by atoms with Gasteiger partial charge in [-0.25, -0.2) is 8.78 Å². The van der Waals surface area contributed by atoms with Gasteiger partial charge in [0.05, 0.1) is 12.2 Å². The molecule has 4 rings (SSSR count). The van der Waals surface area contributed by atoms with Crippen molar-refractivity contribution in [3.05, 3.63) is 64.7 Å². The molecule has 1 spiro atoms. The summed E-state index contributed by atoms with van der Waals surface area (Å²) in [6.07, 6.45) is 1.15. The van der Waals surface area contributed by atoms with Crippen molar-refractivity contribution in [1.29, 1.82) is 0 Å². The van der Waals surface area contributed by atoms with Gasteiger partial charge in [-0.1, -0.05) is 12.1 Å². The van der Waals surface area contributed by atoms with Crippen LogP contribution in [0.5, 0.6) is 0 Å². The highest BCUT2D eigenvalue weighted by atomic mass is 19.1. The summed E-state index contributed by atoms with van der Waals surface area (Å²) in [5, 5.41) is 5.49. The average molecular weight is 426 g/mol. The van der Waals surface area contributed by atoms with Crippen molar-refractivity contribution >= 4 is 23.2 Å². The van der Waals surface area contributed by atoms with Crippen LogP contribution in [0.15, 0.2) is 41.4 Å². The third-order valence-corrected chi connectivity index (χ3v) is 5.92. The first kappa shape index (κ1) is 21.1. The lowest BCUT2D eigenvalue weighted by molar-refractivity contribution is -0.119. The van der Waals surface area contributed by atoms with Crippen molar-refractivity contribution in [2.24, 2.45) is 4.99 Å². The van der Waals surface area contributed by atoms with Gasteiger partial charge in [-0.15, -0.1) is 0 Å². The Morgan fingerprint density at radius 2 is 1.87 bits per heavy atom. The highest BCUT2D eigenvalue weighted by molar-refractivity contribution is 6.46. The number of carbonyl (C=O) groups is 2. The van der Waals surface area contributed by atoms with Gasteiger partial charge >= 0.3 is 0 Å². The van der Waals surface area contributed by atoms with Crippen molar-refractivity contribution in [1.82, 2.24) is 10.2 Å². The van der Waals surface area contributed by atoms with Crippen molar-refractivity contribution in [3.63, 3.8) is 0 Å². The molecule has 0 radical (unpaired) electrons. The molecule has 0 bridgehead atoms. The molecule has 6 nitrogen and oxygen atoms in total. The molecule has 1 fully saturated rings. The summed E-state index contributed by atoms with van der Waals surface area (Å²) in [6.45, 7) is 5.22. The van der Waals surface area contributed by atoms with Gasteiger partial charge in [-0.3, -0.25) is 19.5 Å². The van der Waals surface area contributed by atoms with Crippen LogP contribution >= 0.6 is 0 Å². The molecular formula is C23H24F2N4O2. The van der Waals surface area contributed by atoms with E-state index >= 15 is 0 Å². The second-order valence-electron chi connectivity index (χ2n) is 8.19. The van der Waals surface area contributed by atoms with Crippen LogP contribution in [-0.2, 0) is 9.59 Å². The second-order valence-corrected chi connectivity index (χ2v) is 8.19. The van der Waals surface area contributed by atoms with Crippen LogP contribution in [-0.4, -0.2) is 47.7 Å². The highest BCUT2D eigenvalue weighted by Gasteiger charge is 2.42. The van der Waals surface area contributed by atoms with Crippen molar-refractivity contribution in [2.75, 3.05) is 25.0 Å². The maximum Gasteiger partial charge on any atom is 0.272 e. The molecule has 2 aliphatic rings. The van der Waals surface area contributed by atoms with Crippen molar-refractivity contribution < 1.29 is 18.4 Å². The standard InChI is InChI=1S/C23H24F2N4O2/c1-14-3-4-16(11-15(14)2)21-22(31)28-23(27-21)7-9-29(10-8-23)13-20(30)26-19-6-5-17(24)12-18(19)25/h3-6,11-12H,7-10,13H2,1-2H3,(H,26,30)(H,28,31).